The highest BCUT2D eigenvalue weighted by Gasteiger charge is 2.08. The number of phenolic OH excluding ortho intramolecular Hbond substituents is 1. The van der Waals surface area contributed by atoms with Gasteiger partial charge in [-0.1, -0.05) is 13.0 Å². The molecule has 17 heavy (non-hydrogen) atoms. The van der Waals surface area contributed by atoms with E-state index >= 15 is 0 Å². The summed E-state index contributed by atoms with van der Waals surface area (Å²) in [6, 6.07) is 9.49. The van der Waals surface area contributed by atoms with Crippen LogP contribution < -0.4 is 0 Å². The predicted octanol–water partition coefficient (Wildman–Crippen LogP) is 3.05. The molecule has 0 saturated carbocycles. The van der Waals surface area contributed by atoms with Gasteiger partial charge in [0.15, 0.2) is 0 Å². The van der Waals surface area contributed by atoms with Crippen molar-refractivity contribution in [2.45, 2.75) is 13.3 Å². The lowest BCUT2D eigenvalue weighted by Crippen LogP contribution is -1.90. The summed E-state index contributed by atoms with van der Waals surface area (Å²) >= 11 is 0. The molecule has 2 aromatic heterocycles. The number of fused-ring (bicyclic) bond motifs is 3. The second-order valence-electron chi connectivity index (χ2n) is 4.02. The number of hydrogen-bond acceptors (Lipinski definition) is 3. The van der Waals surface area contributed by atoms with E-state index in [1.54, 1.807) is 12.3 Å². The summed E-state index contributed by atoms with van der Waals surface area (Å²) in [5.74, 6) is 0.218. The highest BCUT2D eigenvalue weighted by Crippen LogP contribution is 2.30. The first-order chi connectivity index (χ1) is 8.29. The van der Waals surface area contributed by atoms with E-state index in [0.717, 1.165) is 28.4 Å². The van der Waals surface area contributed by atoms with Gasteiger partial charge in [-0.25, -0.2) is 4.98 Å². The van der Waals surface area contributed by atoms with Gasteiger partial charge in [0.2, 0.25) is 0 Å². The highest BCUT2D eigenvalue weighted by molar-refractivity contribution is 6.06. The first-order valence-electron chi connectivity index (χ1n) is 5.66. The molecule has 0 atom stereocenters. The number of phenols is 1. The minimum absolute atomic E-state index is 0.218. The third-order valence-electron chi connectivity index (χ3n) is 2.94. The summed E-state index contributed by atoms with van der Waals surface area (Å²) in [6.45, 7) is 2.05. The summed E-state index contributed by atoms with van der Waals surface area (Å²) < 4.78 is 0. The Bertz CT molecular complexity index is 707. The van der Waals surface area contributed by atoms with E-state index < -0.39 is 0 Å². The van der Waals surface area contributed by atoms with Crippen LogP contribution in [0, 0.1) is 0 Å². The van der Waals surface area contributed by atoms with Crippen molar-refractivity contribution >= 4 is 21.8 Å². The Morgan fingerprint density at radius 3 is 2.88 bits per heavy atom. The highest BCUT2D eigenvalue weighted by atomic mass is 16.3. The van der Waals surface area contributed by atoms with E-state index in [-0.39, 0.29) is 5.75 Å². The zero-order chi connectivity index (χ0) is 11.8. The molecule has 0 aliphatic carbocycles. The lowest BCUT2D eigenvalue weighted by molar-refractivity contribution is 0.481. The zero-order valence-electron chi connectivity index (χ0n) is 9.51. The summed E-state index contributed by atoms with van der Waals surface area (Å²) in [7, 11) is 0. The van der Waals surface area contributed by atoms with Gasteiger partial charge in [-0.2, -0.15) is 0 Å². The largest absolute Gasteiger partial charge is 0.506 e. The van der Waals surface area contributed by atoms with Gasteiger partial charge in [0.25, 0.3) is 0 Å². The lowest BCUT2D eigenvalue weighted by Gasteiger charge is -2.06. The summed E-state index contributed by atoms with van der Waals surface area (Å²) in [6.07, 6.45) is 2.61. The van der Waals surface area contributed by atoms with Crippen molar-refractivity contribution in [2.75, 3.05) is 0 Å². The Labute approximate surface area is 98.8 Å². The number of hydrogen-bond donors (Lipinski definition) is 1. The molecule has 2 heterocycles. The molecule has 0 spiro atoms. The van der Waals surface area contributed by atoms with Crippen molar-refractivity contribution in [1.29, 1.82) is 0 Å². The van der Waals surface area contributed by atoms with Crippen molar-refractivity contribution in [3.8, 4) is 5.75 Å². The first-order valence-corrected chi connectivity index (χ1v) is 5.66. The minimum Gasteiger partial charge on any atom is -0.506 e. The van der Waals surface area contributed by atoms with Crippen LogP contribution in [0.2, 0.25) is 0 Å². The number of benzene rings is 1. The molecule has 3 rings (SSSR count). The fourth-order valence-electron chi connectivity index (χ4n) is 2.06. The average Bonchev–Trinajstić information content (AvgIpc) is 2.38. The van der Waals surface area contributed by atoms with E-state index in [4.69, 9.17) is 0 Å². The van der Waals surface area contributed by atoms with Gasteiger partial charge in [-0.15, -0.1) is 0 Å². The van der Waals surface area contributed by atoms with Crippen LogP contribution in [0.3, 0.4) is 0 Å². The molecule has 0 aliphatic rings. The average molecular weight is 224 g/mol. The molecule has 0 amide bonds. The zero-order valence-corrected chi connectivity index (χ0v) is 9.51. The van der Waals surface area contributed by atoms with Crippen LogP contribution in [0.1, 0.15) is 12.6 Å². The molecule has 3 aromatic rings. The van der Waals surface area contributed by atoms with E-state index in [1.807, 2.05) is 31.2 Å². The molecule has 0 bridgehead atoms. The van der Waals surface area contributed by atoms with Crippen LogP contribution in [0.15, 0.2) is 36.5 Å². The van der Waals surface area contributed by atoms with Gasteiger partial charge in [0, 0.05) is 22.7 Å². The molecular formula is C14H12N2O. The molecule has 84 valence electrons. The van der Waals surface area contributed by atoms with E-state index in [0.29, 0.717) is 5.52 Å². The van der Waals surface area contributed by atoms with Gasteiger partial charge < -0.3 is 5.11 Å². The Morgan fingerprint density at radius 2 is 2.06 bits per heavy atom. The number of rotatable bonds is 1. The molecule has 3 heteroatoms. The van der Waals surface area contributed by atoms with Crippen molar-refractivity contribution in [3.05, 3.63) is 42.2 Å². The standard InChI is InChI=1S/C14H12N2O/c1-2-10-5-6-11-13-9(4-3-7-15-13)8-12(17)14(11)16-10/h3-8,17H,2H2,1H3. The quantitative estimate of drug-likeness (QED) is 0.646. The third-order valence-corrected chi connectivity index (χ3v) is 2.94. The first kappa shape index (κ1) is 10.0. The Morgan fingerprint density at radius 1 is 1.18 bits per heavy atom. The maximum Gasteiger partial charge on any atom is 0.142 e. The third kappa shape index (κ3) is 1.51. The van der Waals surface area contributed by atoms with Crippen LogP contribution in [0.5, 0.6) is 5.75 Å². The number of aromatic hydroxyl groups is 1. The van der Waals surface area contributed by atoms with Gasteiger partial charge >= 0.3 is 0 Å². The molecular weight excluding hydrogens is 212 g/mol. The fraction of sp³-hybridized carbons (Fsp3) is 0.143. The molecule has 0 saturated heterocycles. The van der Waals surface area contributed by atoms with Crippen LogP contribution in [-0.2, 0) is 6.42 Å². The maximum absolute atomic E-state index is 10.00. The summed E-state index contributed by atoms with van der Waals surface area (Å²) in [4.78, 5) is 8.81. The molecule has 1 aromatic carbocycles. The fourth-order valence-corrected chi connectivity index (χ4v) is 2.06. The molecule has 0 aliphatic heterocycles. The summed E-state index contributed by atoms with van der Waals surface area (Å²) in [5.41, 5.74) is 2.49. The number of pyridine rings is 2. The number of aryl methyl sites for hydroxylation is 1. The van der Waals surface area contributed by atoms with E-state index in [9.17, 15) is 5.11 Å². The van der Waals surface area contributed by atoms with E-state index in [1.165, 1.54) is 0 Å². The molecule has 0 radical (unpaired) electrons. The van der Waals surface area contributed by atoms with Crippen LogP contribution in [0.25, 0.3) is 21.8 Å². The van der Waals surface area contributed by atoms with Crippen LogP contribution in [0.4, 0.5) is 0 Å². The Kier molecular flexibility index (Phi) is 2.18. The van der Waals surface area contributed by atoms with Crippen molar-refractivity contribution < 1.29 is 5.11 Å². The van der Waals surface area contributed by atoms with Gasteiger partial charge in [-0.05, 0) is 30.7 Å². The normalized spacial score (nSPS) is 11.1. The Hall–Kier alpha value is -2.16. The van der Waals surface area contributed by atoms with Crippen molar-refractivity contribution in [2.24, 2.45) is 0 Å². The number of aromatic nitrogens is 2. The van der Waals surface area contributed by atoms with Gasteiger partial charge in [0.1, 0.15) is 11.3 Å². The molecule has 3 nitrogen and oxygen atoms in total. The number of nitrogens with zero attached hydrogens (tertiary/aromatic N) is 2. The molecule has 1 N–H and O–H groups in total. The molecule has 0 unspecified atom stereocenters. The monoisotopic (exact) mass is 224 g/mol. The van der Waals surface area contributed by atoms with Crippen LogP contribution >= 0.6 is 0 Å². The van der Waals surface area contributed by atoms with Crippen LogP contribution in [-0.4, -0.2) is 15.1 Å². The topological polar surface area (TPSA) is 46.0 Å². The molecule has 0 fully saturated rings. The Balaban J connectivity index is 2.49. The van der Waals surface area contributed by atoms with Crippen molar-refractivity contribution in [1.82, 2.24) is 9.97 Å². The van der Waals surface area contributed by atoms with E-state index in [2.05, 4.69) is 9.97 Å². The SMILES string of the molecule is CCc1ccc2c(n1)c(O)cc1cccnc12. The minimum atomic E-state index is 0.218. The van der Waals surface area contributed by atoms with Crippen molar-refractivity contribution in [3.63, 3.8) is 0 Å². The predicted molar refractivity (Wildman–Crippen MR) is 68.1 cm³/mol. The van der Waals surface area contributed by atoms with Gasteiger partial charge in [0.05, 0.1) is 5.52 Å². The summed E-state index contributed by atoms with van der Waals surface area (Å²) in [5, 5.41) is 11.8. The lowest BCUT2D eigenvalue weighted by atomic mass is 10.1. The second-order valence-corrected chi connectivity index (χ2v) is 4.02. The second kappa shape index (κ2) is 3.70. The smallest absolute Gasteiger partial charge is 0.142 e. The van der Waals surface area contributed by atoms with Gasteiger partial charge in [-0.3, -0.25) is 4.98 Å². The maximum atomic E-state index is 10.00.